The van der Waals surface area contributed by atoms with Gasteiger partial charge in [-0.3, -0.25) is 0 Å². The molecule has 8 N–H and O–H groups in total. The largest absolute Gasteiger partial charge is 0.412 e. The zero-order chi connectivity index (χ0) is 0. The molecule has 0 saturated carbocycles. The van der Waals surface area contributed by atoms with Crippen LogP contribution in [0.1, 0.15) is 0 Å². The van der Waals surface area contributed by atoms with Crippen LogP contribution >= 0.6 is 0 Å². The third-order valence-corrected chi connectivity index (χ3v) is 0. The molecule has 4 nitrogen and oxygen atoms in total. The Morgan fingerprint density at radius 2 is 0.400 bits per heavy atom. The minimum absolute atomic E-state index is 0. The van der Waals surface area contributed by atoms with Crippen molar-refractivity contribution in [1.29, 1.82) is 0 Å². The highest BCUT2D eigenvalue weighted by Crippen LogP contribution is -0.286. The Kier molecular flexibility index (Phi) is 10600. The Morgan fingerprint density at radius 1 is 0.400 bits per heavy atom. The van der Waals surface area contributed by atoms with Gasteiger partial charge in [0.1, 0.15) is 0 Å². The van der Waals surface area contributed by atoms with E-state index in [2.05, 4.69) is 0 Å². The normalized spacial score (nSPS) is 0. The first-order valence-electron chi connectivity index (χ1n) is 0. The number of hydrogen-bond acceptors (Lipinski definition) is 0. The van der Waals surface area contributed by atoms with Crippen molar-refractivity contribution >= 4 is 23.1 Å². The van der Waals surface area contributed by atoms with Crippen molar-refractivity contribution in [3.63, 3.8) is 0 Å². The number of rotatable bonds is 0. The molecule has 0 unspecified atom stereocenters. The first-order chi connectivity index (χ1) is 0. The molecule has 0 radical (unpaired) electrons. The summed E-state index contributed by atoms with van der Waals surface area (Å²) < 4.78 is 0. The average Bonchev–Trinajstić information content (AvgIpc) is 0. The van der Waals surface area contributed by atoms with Gasteiger partial charge in [-0.15, -0.1) is 0 Å². The standard InChI is InChI=1S/Mg.4H2O.2H/h;4*1H2;;. The first kappa shape index (κ1) is 324. The molecule has 0 atom stereocenters. The average molecular weight is 98.4 g/mol. The van der Waals surface area contributed by atoms with Crippen molar-refractivity contribution in [2.75, 3.05) is 0 Å². The van der Waals surface area contributed by atoms with Crippen LogP contribution in [0.4, 0.5) is 0 Å². The van der Waals surface area contributed by atoms with Crippen molar-refractivity contribution in [2.24, 2.45) is 0 Å². The molecule has 0 aromatic rings. The van der Waals surface area contributed by atoms with Crippen molar-refractivity contribution in [2.45, 2.75) is 0 Å². The second kappa shape index (κ2) is 163. The smallest absolute Gasteiger partial charge is 0.316 e. The first-order valence-corrected chi connectivity index (χ1v) is 0. The highest BCUT2D eigenvalue weighted by Gasteiger charge is 0.316. The van der Waals surface area contributed by atoms with Gasteiger partial charge in [0.25, 0.3) is 0 Å². The minimum Gasteiger partial charge on any atom is -0.412 e. The number of hydrogen-bond donors (Lipinski definition) is 0. The van der Waals surface area contributed by atoms with Crippen molar-refractivity contribution in [3.8, 4) is 0 Å². The Labute approximate surface area is 45.6 Å². The molecule has 0 aromatic carbocycles. The lowest BCUT2D eigenvalue weighted by Gasteiger charge is -0.413. The summed E-state index contributed by atoms with van der Waals surface area (Å²) in [4.78, 5) is 0. The fraction of sp³-hybridized carbons (Fsp3) is 0. The Morgan fingerprint density at radius 3 is 0.400 bits per heavy atom. The third kappa shape index (κ3) is 85.1. The van der Waals surface area contributed by atoms with Crippen molar-refractivity contribution in [1.82, 2.24) is 0 Å². The lowest BCUT2D eigenvalue weighted by atomic mass is 16.0. The Hall–Kier alpha value is 0.606. The van der Waals surface area contributed by atoms with Crippen LogP contribution in [0.2, 0.25) is 0 Å². The molecule has 0 aromatic heterocycles. The Balaban J connectivity index is 0. The maximum Gasteiger partial charge on any atom is 0.316 e. The summed E-state index contributed by atoms with van der Waals surface area (Å²) in [6.45, 7) is 0. The van der Waals surface area contributed by atoms with Gasteiger partial charge in [-0.1, -0.05) is 0 Å². The Bertz CT molecular complexity index is 3.61. The lowest BCUT2D eigenvalue weighted by molar-refractivity contribution is 0.823. The summed E-state index contributed by atoms with van der Waals surface area (Å²) >= 11 is 0. The van der Waals surface area contributed by atoms with Gasteiger partial charge in [-0.2, -0.15) is 0 Å². The topological polar surface area (TPSA) is 126 Å². The van der Waals surface area contributed by atoms with Crippen LogP contribution in [0.3, 0.4) is 0 Å². The van der Waals surface area contributed by atoms with Crippen LogP contribution in [-0.4, -0.2) is 45.0 Å². The van der Waals surface area contributed by atoms with Gasteiger partial charge in [0.2, 0.25) is 0 Å². The van der Waals surface area contributed by atoms with E-state index in [1.165, 1.54) is 0 Å². The van der Waals surface area contributed by atoms with Crippen molar-refractivity contribution < 1.29 is 21.9 Å². The van der Waals surface area contributed by atoms with Crippen LogP contribution in [0.15, 0.2) is 0 Å². The van der Waals surface area contributed by atoms with Gasteiger partial charge in [0, 0.05) is 0 Å². The van der Waals surface area contributed by atoms with E-state index in [0.29, 0.717) is 0 Å². The molecule has 0 heterocycles. The van der Waals surface area contributed by atoms with E-state index in [4.69, 9.17) is 0 Å². The molecule has 0 aliphatic rings. The molecule has 0 amide bonds. The molecule has 0 bridgehead atoms. The molecule has 0 fully saturated rings. The molecule has 0 aliphatic carbocycles. The van der Waals surface area contributed by atoms with E-state index in [1.807, 2.05) is 0 Å². The minimum atomic E-state index is 0. The summed E-state index contributed by atoms with van der Waals surface area (Å²) in [6.07, 6.45) is 0. The van der Waals surface area contributed by atoms with Crippen molar-refractivity contribution in [3.05, 3.63) is 0 Å². The molecule has 5 heavy (non-hydrogen) atoms. The molecule has 0 aliphatic heterocycles. The second-order valence-electron chi connectivity index (χ2n) is 0. The fourth-order valence-electron chi connectivity index (χ4n) is 0. The molecule has 5 heteroatoms. The molecule has 36 valence electrons. The van der Waals surface area contributed by atoms with E-state index in [0.717, 1.165) is 0 Å². The van der Waals surface area contributed by atoms with Gasteiger partial charge in [-0.05, 0) is 0 Å². The zero-order valence-corrected chi connectivity index (χ0v) is 2.00. The zero-order valence-electron chi connectivity index (χ0n) is 2.00. The third-order valence-electron chi connectivity index (χ3n) is 0. The monoisotopic (exact) mass is 98.0 g/mol. The summed E-state index contributed by atoms with van der Waals surface area (Å²) in [5.74, 6) is 0. The summed E-state index contributed by atoms with van der Waals surface area (Å²) in [5, 5.41) is 0. The summed E-state index contributed by atoms with van der Waals surface area (Å²) in [7, 11) is 0. The second-order valence-corrected chi connectivity index (χ2v) is 0. The maximum absolute atomic E-state index is 0. The summed E-state index contributed by atoms with van der Waals surface area (Å²) in [6, 6.07) is 0. The van der Waals surface area contributed by atoms with Crippen LogP contribution in [0.25, 0.3) is 0 Å². The quantitative estimate of drug-likeness (QED) is 0.272. The van der Waals surface area contributed by atoms with Gasteiger partial charge in [0.05, 0.1) is 0 Å². The molecular formula is H10MgO4. The van der Waals surface area contributed by atoms with Crippen LogP contribution < -0.4 is 0 Å². The summed E-state index contributed by atoms with van der Waals surface area (Å²) in [5.41, 5.74) is 0. The van der Waals surface area contributed by atoms with E-state index in [-0.39, 0.29) is 45.0 Å². The highest BCUT2D eigenvalue weighted by atomic mass is 24.3. The van der Waals surface area contributed by atoms with E-state index < -0.39 is 0 Å². The van der Waals surface area contributed by atoms with Gasteiger partial charge in [-0.25, -0.2) is 0 Å². The maximum atomic E-state index is 0. The van der Waals surface area contributed by atoms with Crippen LogP contribution in [-0.2, 0) is 0 Å². The fourth-order valence-corrected chi connectivity index (χ4v) is 0. The van der Waals surface area contributed by atoms with E-state index in [1.54, 1.807) is 0 Å². The van der Waals surface area contributed by atoms with Crippen LogP contribution in [0, 0.1) is 0 Å². The molecular weight excluding hydrogens is 88.3 g/mol. The molecule has 0 rings (SSSR count). The van der Waals surface area contributed by atoms with Gasteiger partial charge < -0.3 is 21.9 Å². The van der Waals surface area contributed by atoms with Gasteiger partial charge >= 0.3 is 23.1 Å². The highest BCUT2D eigenvalue weighted by molar-refractivity contribution is 5.75. The molecule has 0 spiro atoms. The SMILES string of the molecule is O.O.O.O.[MgH2]. The van der Waals surface area contributed by atoms with E-state index >= 15 is 0 Å². The lowest BCUT2D eigenvalue weighted by Crippen LogP contribution is -0.381. The van der Waals surface area contributed by atoms with Crippen LogP contribution in [0.5, 0.6) is 0 Å². The van der Waals surface area contributed by atoms with E-state index in [9.17, 15) is 0 Å². The molecule has 0 saturated heterocycles. The predicted molar refractivity (Wildman–Crippen MR) is 23.0 cm³/mol. The predicted octanol–water partition coefficient (Wildman–Crippen LogP) is -4.21. The van der Waals surface area contributed by atoms with Gasteiger partial charge in [0.15, 0.2) is 0 Å².